The molecule has 0 aliphatic carbocycles. The number of aromatic nitrogens is 4. The van der Waals surface area contributed by atoms with Crippen LogP contribution in [0.1, 0.15) is 44.6 Å². The number of hydrogen-bond donors (Lipinski definition) is 2. The maximum atomic E-state index is 4.57. The molecule has 0 atom stereocenters. The van der Waals surface area contributed by atoms with Crippen molar-refractivity contribution >= 4 is 11.6 Å². The molecule has 0 saturated carbocycles. The molecule has 0 unspecified atom stereocenters. The summed E-state index contributed by atoms with van der Waals surface area (Å²) in [5.74, 6) is 2.85. The molecule has 2 aromatic rings. The second kappa shape index (κ2) is 7.06. The maximum Gasteiger partial charge on any atom is 0.135 e. The molecule has 2 heterocycles. The number of rotatable bonds is 7. The highest BCUT2D eigenvalue weighted by Crippen LogP contribution is 2.17. The Hall–Kier alpha value is -2.11. The highest BCUT2D eigenvalue weighted by molar-refractivity contribution is 5.48. The molecule has 2 rings (SSSR count). The summed E-state index contributed by atoms with van der Waals surface area (Å²) >= 11 is 0. The van der Waals surface area contributed by atoms with Crippen LogP contribution >= 0.6 is 0 Å². The van der Waals surface area contributed by atoms with Gasteiger partial charge in [-0.2, -0.15) is 5.10 Å². The zero-order valence-corrected chi connectivity index (χ0v) is 13.2. The monoisotopic (exact) mass is 288 g/mol. The van der Waals surface area contributed by atoms with E-state index in [1.165, 1.54) is 0 Å². The van der Waals surface area contributed by atoms with Crippen molar-refractivity contribution in [2.75, 3.05) is 17.2 Å². The molecule has 6 heteroatoms. The van der Waals surface area contributed by atoms with Crippen LogP contribution in [0.2, 0.25) is 0 Å². The van der Waals surface area contributed by atoms with Crippen molar-refractivity contribution in [2.24, 2.45) is 7.05 Å². The molecule has 0 aliphatic heterocycles. The topological polar surface area (TPSA) is 67.7 Å². The summed E-state index contributed by atoms with van der Waals surface area (Å²) in [4.78, 5) is 9.11. The standard InChI is InChI=1S/C15H24N6/c1-5-7-16-13-9-14(19-15(18-13)11(2)3)17-10-12-6-8-21(4)20-12/h6,8-9,11H,5,7,10H2,1-4H3,(H2,16,17,18,19). The fourth-order valence-corrected chi connectivity index (χ4v) is 1.90. The van der Waals surface area contributed by atoms with Crippen LogP contribution in [0.5, 0.6) is 0 Å². The Bertz CT molecular complexity index is 575. The van der Waals surface area contributed by atoms with Gasteiger partial charge in [0.1, 0.15) is 17.5 Å². The predicted molar refractivity (Wildman–Crippen MR) is 85.4 cm³/mol. The van der Waals surface area contributed by atoms with Gasteiger partial charge in [0, 0.05) is 31.8 Å². The SMILES string of the molecule is CCCNc1cc(NCc2ccn(C)n2)nc(C(C)C)n1. The average molecular weight is 288 g/mol. The molecule has 0 aliphatic rings. The van der Waals surface area contributed by atoms with Gasteiger partial charge in [-0.25, -0.2) is 9.97 Å². The second-order valence-electron chi connectivity index (χ2n) is 5.41. The molecule has 6 nitrogen and oxygen atoms in total. The number of hydrogen-bond acceptors (Lipinski definition) is 5. The van der Waals surface area contributed by atoms with Crippen LogP contribution in [0.25, 0.3) is 0 Å². The molecule has 2 N–H and O–H groups in total. The van der Waals surface area contributed by atoms with E-state index >= 15 is 0 Å². The third-order valence-electron chi connectivity index (χ3n) is 3.04. The molecule has 0 aromatic carbocycles. The number of aryl methyl sites for hydroxylation is 1. The Morgan fingerprint density at radius 3 is 2.48 bits per heavy atom. The van der Waals surface area contributed by atoms with Crippen molar-refractivity contribution in [2.45, 2.75) is 39.7 Å². The summed E-state index contributed by atoms with van der Waals surface area (Å²) in [5, 5.41) is 11.0. The second-order valence-corrected chi connectivity index (χ2v) is 5.41. The molecule has 0 spiro atoms. The van der Waals surface area contributed by atoms with Gasteiger partial charge in [0.15, 0.2) is 0 Å². The number of nitrogens with one attached hydrogen (secondary N) is 2. The van der Waals surface area contributed by atoms with E-state index in [-0.39, 0.29) is 0 Å². The fourth-order valence-electron chi connectivity index (χ4n) is 1.90. The van der Waals surface area contributed by atoms with Gasteiger partial charge in [0.25, 0.3) is 0 Å². The van der Waals surface area contributed by atoms with Crippen LogP contribution in [-0.4, -0.2) is 26.3 Å². The van der Waals surface area contributed by atoms with Crippen LogP contribution < -0.4 is 10.6 Å². The molecule has 21 heavy (non-hydrogen) atoms. The molecular weight excluding hydrogens is 264 g/mol. The molecule has 0 saturated heterocycles. The van der Waals surface area contributed by atoms with E-state index < -0.39 is 0 Å². The number of nitrogens with zero attached hydrogens (tertiary/aromatic N) is 4. The summed E-state index contributed by atoms with van der Waals surface area (Å²) in [7, 11) is 1.91. The first kappa shape index (κ1) is 15.3. The van der Waals surface area contributed by atoms with Crippen LogP contribution in [0, 0.1) is 0 Å². The van der Waals surface area contributed by atoms with E-state index in [1.807, 2.05) is 25.4 Å². The normalized spacial score (nSPS) is 10.9. The third kappa shape index (κ3) is 4.44. The zero-order valence-electron chi connectivity index (χ0n) is 13.2. The first-order valence-electron chi connectivity index (χ1n) is 7.43. The summed E-state index contributed by atoms with van der Waals surface area (Å²) in [6.07, 6.45) is 3.00. The van der Waals surface area contributed by atoms with Gasteiger partial charge in [-0.15, -0.1) is 0 Å². The highest BCUT2D eigenvalue weighted by Gasteiger charge is 2.08. The Kier molecular flexibility index (Phi) is 5.14. The van der Waals surface area contributed by atoms with Crippen LogP contribution in [0.15, 0.2) is 18.3 Å². The van der Waals surface area contributed by atoms with Crippen LogP contribution in [-0.2, 0) is 13.6 Å². The van der Waals surface area contributed by atoms with Gasteiger partial charge in [-0.05, 0) is 12.5 Å². The van der Waals surface area contributed by atoms with Gasteiger partial charge in [0.05, 0.1) is 12.2 Å². The maximum absolute atomic E-state index is 4.57. The van der Waals surface area contributed by atoms with E-state index in [9.17, 15) is 0 Å². The van der Waals surface area contributed by atoms with Gasteiger partial charge in [0.2, 0.25) is 0 Å². The summed E-state index contributed by atoms with van der Waals surface area (Å²) in [6.45, 7) is 7.90. The third-order valence-corrected chi connectivity index (χ3v) is 3.04. The smallest absolute Gasteiger partial charge is 0.135 e. The van der Waals surface area contributed by atoms with E-state index in [4.69, 9.17) is 0 Å². The number of anilines is 2. The lowest BCUT2D eigenvalue weighted by Crippen LogP contribution is -2.10. The summed E-state index contributed by atoms with van der Waals surface area (Å²) < 4.78 is 1.80. The van der Waals surface area contributed by atoms with Gasteiger partial charge in [-0.3, -0.25) is 4.68 Å². The molecule has 0 radical (unpaired) electrons. The van der Waals surface area contributed by atoms with Gasteiger partial charge < -0.3 is 10.6 Å². The van der Waals surface area contributed by atoms with Crippen molar-refractivity contribution in [3.05, 3.63) is 29.8 Å². The van der Waals surface area contributed by atoms with E-state index in [2.05, 4.69) is 46.5 Å². The Morgan fingerprint density at radius 2 is 1.90 bits per heavy atom. The van der Waals surface area contributed by atoms with E-state index in [0.717, 1.165) is 36.1 Å². The van der Waals surface area contributed by atoms with Crippen LogP contribution in [0.4, 0.5) is 11.6 Å². The molecule has 0 fully saturated rings. The van der Waals surface area contributed by atoms with Crippen molar-refractivity contribution in [3.63, 3.8) is 0 Å². The van der Waals surface area contributed by atoms with E-state index in [1.54, 1.807) is 4.68 Å². The lowest BCUT2D eigenvalue weighted by molar-refractivity contribution is 0.745. The highest BCUT2D eigenvalue weighted by atomic mass is 15.3. The predicted octanol–water partition coefficient (Wildman–Crippen LogP) is 2.77. The molecule has 114 valence electrons. The minimum Gasteiger partial charge on any atom is -0.370 e. The Balaban J connectivity index is 2.11. The first-order valence-corrected chi connectivity index (χ1v) is 7.43. The molecule has 0 bridgehead atoms. The lowest BCUT2D eigenvalue weighted by Gasteiger charge is -2.12. The molecule has 2 aromatic heterocycles. The van der Waals surface area contributed by atoms with Crippen molar-refractivity contribution in [3.8, 4) is 0 Å². The molecular formula is C15H24N6. The van der Waals surface area contributed by atoms with Crippen LogP contribution in [0.3, 0.4) is 0 Å². The fraction of sp³-hybridized carbons (Fsp3) is 0.533. The van der Waals surface area contributed by atoms with Gasteiger partial charge >= 0.3 is 0 Å². The quantitative estimate of drug-likeness (QED) is 0.820. The summed E-state index contributed by atoms with van der Waals surface area (Å²) in [5.41, 5.74) is 0.991. The zero-order chi connectivity index (χ0) is 15.2. The van der Waals surface area contributed by atoms with Gasteiger partial charge in [-0.1, -0.05) is 20.8 Å². The lowest BCUT2D eigenvalue weighted by atomic mass is 10.2. The van der Waals surface area contributed by atoms with Crippen molar-refractivity contribution in [1.82, 2.24) is 19.7 Å². The van der Waals surface area contributed by atoms with Crippen molar-refractivity contribution in [1.29, 1.82) is 0 Å². The first-order chi connectivity index (χ1) is 10.1. The minimum atomic E-state index is 0.295. The summed E-state index contributed by atoms with van der Waals surface area (Å²) in [6, 6.07) is 3.94. The Labute approximate surface area is 126 Å². The average Bonchev–Trinajstić information content (AvgIpc) is 2.88. The molecule has 0 amide bonds. The Morgan fingerprint density at radius 1 is 1.19 bits per heavy atom. The minimum absolute atomic E-state index is 0.295. The largest absolute Gasteiger partial charge is 0.370 e. The van der Waals surface area contributed by atoms with Crippen molar-refractivity contribution < 1.29 is 0 Å². The van der Waals surface area contributed by atoms with E-state index in [0.29, 0.717) is 12.5 Å².